The second-order valence-corrected chi connectivity index (χ2v) is 7.44. The van der Waals surface area contributed by atoms with Crippen LogP contribution in [0.15, 0.2) is 42.5 Å². The maximum absolute atomic E-state index is 13.0. The smallest absolute Gasteiger partial charge is 0.325 e. The van der Waals surface area contributed by atoms with Gasteiger partial charge in [0.2, 0.25) is 0 Å². The van der Waals surface area contributed by atoms with E-state index in [4.69, 9.17) is 9.47 Å². The fourth-order valence-electron chi connectivity index (χ4n) is 3.40. The number of urea groups is 1. The van der Waals surface area contributed by atoms with Crippen LogP contribution in [0.25, 0.3) is 0 Å². The molecule has 2 aromatic carbocycles. The van der Waals surface area contributed by atoms with Gasteiger partial charge in [0.15, 0.2) is 0 Å². The fourth-order valence-corrected chi connectivity index (χ4v) is 3.40. The third-order valence-corrected chi connectivity index (χ3v) is 5.08. The summed E-state index contributed by atoms with van der Waals surface area (Å²) in [5.74, 6) is 0.820. The molecule has 0 aliphatic carbocycles. The second-order valence-electron chi connectivity index (χ2n) is 7.44. The largest absolute Gasteiger partial charge is 0.497 e. The van der Waals surface area contributed by atoms with E-state index < -0.39 is 23.6 Å². The summed E-state index contributed by atoms with van der Waals surface area (Å²) in [6, 6.07) is 12.2. The van der Waals surface area contributed by atoms with Crippen molar-refractivity contribution in [3.05, 3.63) is 59.2 Å². The summed E-state index contributed by atoms with van der Waals surface area (Å²) < 4.78 is 10.9. The van der Waals surface area contributed by atoms with Crippen LogP contribution in [0.4, 0.5) is 4.79 Å². The first-order valence-electron chi connectivity index (χ1n) is 9.41. The predicted molar refractivity (Wildman–Crippen MR) is 108 cm³/mol. The molecule has 0 aromatic heterocycles. The molecule has 0 unspecified atom stereocenters. The number of rotatable bonds is 7. The Morgan fingerprint density at radius 2 is 1.93 bits per heavy atom. The fraction of sp³-hybridized carbons (Fsp3) is 0.364. The minimum atomic E-state index is -1.22. The van der Waals surface area contributed by atoms with Crippen LogP contribution < -0.4 is 14.8 Å². The molecule has 2 atom stereocenters. The van der Waals surface area contributed by atoms with E-state index in [9.17, 15) is 14.7 Å². The first-order chi connectivity index (χ1) is 13.7. The topological polar surface area (TPSA) is 88.1 Å². The summed E-state index contributed by atoms with van der Waals surface area (Å²) in [5.41, 5.74) is 1.46. The number of aryl methyl sites for hydroxylation is 2. The van der Waals surface area contributed by atoms with Gasteiger partial charge in [0.25, 0.3) is 5.91 Å². The van der Waals surface area contributed by atoms with E-state index in [1.165, 1.54) is 7.11 Å². The number of hydrogen-bond acceptors (Lipinski definition) is 5. The van der Waals surface area contributed by atoms with Crippen molar-refractivity contribution < 1.29 is 24.2 Å². The highest BCUT2D eigenvalue weighted by atomic mass is 16.5. The Hall–Kier alpha value is -3.06. The van der Waals surface area contributed by atoms with Gasteiger partial charge in [-0.15, -0.1) is 0 Å². The summed E-state index contributed by atoms with van der Waals surface area (Å²) >= 11 is 0. The highest BCUT2D eigenvalue weighted by Crippen LogP contribution is 2.31. The van der Waals surface area contributed by atoms with Crippen LogP contribution in [-0.4, -0.2) is 48.3 Å². The van der Waals surface area contributed by atoms with Crippen LogP contribution in [0, 0.1) is 13.8 Å². The van der Waals surface area contributed by atoms with Crippen molar-refractivity contribution >= 4 is 11.9 Å². The van der Waals surface area contributed by atoms with Gasteiger partial charge < -0.3 is 19.9 Å². The van der Waals surface area contributed by atoms with Gasteiger partial charge in [0.05, 0.1) is 13.7 Å². The minimum absolute atomic E-state index is 0.0309. The molecule has 0 saturated carbocycles. The number of aliphatic hydroxyl groups excluding tert-OH is 1. The number of benzene rings is 2. The highest BCUT2D eigenvalue weighted by molar-refractivity contribution is 6.07. The van der Waals surface area contributed by atoms with E-state index in [0.29, 0.717) is 17.1 Å². The first-order valence-corrected chi connectivity index (χ1v) is 9.41. The maximum Gasteiger partial charge on any atom is 0.325 e. The number of carbonyl (C=O) groups excluding carboxylic acids is 2. The van der Waals surface area contributed by atoms with E-state index in [0.717, 1.165) is 16.0 Å². The summed E-state index contributed by atoms with van der Waals surface area (Å²) in [6.45, 7) is 5.36. The van der Waals surface area contributed by atoms with Crippen molar-refractivity contribution in [2.75, 3.05) is 20.3 Å². The quantitative estimate of drug-likeness (QED) is 0.700. The molecule has 2 aromatic rings. The maximum atomic E-state index is 13.0. The van der Waals surface area contributed by atoms with Crippen LogP contribution in [0.5, 0.6) is 11.5 Å². The molecule has 7 nitrogen and oxygen atoms in total. The average molecular weight is 398 g/mol. The molecule has 7 heteroatoms. The number of methoxy groups -OCH3 is 1. The Morgan fingerprint density at radius 1 is 1.17 bits per heavy atom. The van der Waals surface area contributed by atoms with E-state index in [2.05, 4.69) is 5.32 Å². The number of nitrogens with zero attached hydrogens (tertiary/aromatic N) is 1. The van der Waals surface area contributed by atoms with Crippen molar-refractivity contribution in [1.82, 2.24) is 10.2 Å². The van der Waals surface area contributed by atoms with Gasteiger partial charge in [-0.1, -0.05) is 29.8 Å². The number of aliphatic hydroxyl groups is 1. The monoisotopic (exact) mass is 398 g/mol. The number of β-amino-alcohol motifs (C(OH)–C–C–N with tert-alkyl or cyclic N) is 1. The molecule has 154 valence electrons. The molecule has 1 saturated heterocycles. The number of carbonyl (C=O) groups is 2. The van der Waals surface area contributed by atoms with E-state index in [1.807, 2.05) is 32.0 Å². The van der Waals surface area contributed by atoms with Gasteiger partial charge >= 0.3 is 6.03 Å². The normalized spacial score (nSPS) is 19.8. The Kier molecular flexibility index (Phi) is 5.79. The lowest BCUT2D eigenvalue weighted by Gasteiger charge is -2.23. The zero-order valence-corrected chi connectivity index (χ0v) is 17.1. The van der Waals surface area contributed by atoms with Gasteiger partial charge in [-0.05, 0) is 50.1 Å². The van der Waals surface area contributed by atoms with Crippen molar-refractivity contribution in [1.29, 1.82) is 0 Å². The van der Waals surface area contributed by atoms with Crippen molar-refractivity contribution in [2.24, 2.45) is 0 Å². The van der Waals surface area contributed by atoms with Crippen LogP contribution >= 0.6 is 0 Å². The predicted octanol–water partition coefficient (Wildman–Crippen LogP) is 2.52. The standard InChI is InChI=1S/C22H26N2O5/c1-14-8-9-19(15(2)10-14)29-13-17(25)12-24-20(26)22(3,23-21(24)27)16-6-5-7-18(11-16)28-4/h5-11,17,25H,12-13H2,1-4H3,(H,23,27)/t17-,22-/m0/s1. The van der Waals surface area contributed by atoms with Gasteiger partial charge in [-0.3, -0.25) is 9.69 Å². The molecule has 3 rings (SSSR count). The van der Waals surface area contributed by atoms with Crippen LogP contribution in [0.3, 0.4) is 0 Å². The Labute approximate surface area is 170 Å². The van der Waals surface area contributed by atoms with Gasteiger partial charge in [0.1, 0.15) is 29.7 Å². The van der Waals surface area contributed by atoms with Crippen molar-refractivity contribution in [3.8, 4) is 11.5 Å². The highest BCUT2D eigenvalue weighted by Gasteiger charge is 2.49. The molecular formula is C22H26N2O5. The Morgan fingerprint density at radius 3 is 2.62 bits per heavy atom. The minimum Gasteiger partial charge on any atom is -0.497 e. The third-order valence-electron chi connectivity index (χ3n) is 5.08. The van der Waals surface area contributed by atoms with Gasteiger partial charge in [-0.2, -0.15) is 0 Å². The molecule has 0 radical (unpaired) electrons. The number of nitrogens with one attached hydrogen (secondary N) is 1. The number of hydrogen-bond donors (Lipinski definition) is 2. The molecule has 2 N–H and O–H groups in total. The van der Waals surface area contributed by atoms with Crippen molar-refractivity contribution in [2.45, 2.75) is 32.4 Å². The van der Waals surface area contributed by atoms with Gasteiger partial charge in [-0.25, -0.2) is 4.79 Å². The zero-order valence-electron chi connectivity index (χ0n) is 17.1. The molecule has 1 heterocycles. The van der Waals surface area contributed by atoms with Crippen LogP contribution in [-0.2, 0) is 10.3 Å². The number of ether oxygens (including phenoxy) is 2. The summed E-state index contributed by atoms with van der Waals surface area (Å²) in [6.07, 6.45) is -1.02. The molecule has 3 amide bonds. The number of amides is 3. The lowest BCUT2D eigenvalue weighted by molar-refractivity contribution is -0.132. The molecule has 1 aliphatic heterocycles. The molecular weight excluding hydrogens is 372 g/mol. The summed E-state index contributed by atoms with van der Waals surface area (Å²) in [4.78, 5) is 26.5. The lowest BCUT2D eigenvalue weighted by atomic mass is 9.92. The van der Waals surface area contributed by atoms with E-state index >= 15 is 0 Å². The van der Waals surface area contributed by atoms with Crippen molar-refractivity contribution in [3.63, 3.8) is 0 Å². The Bertz CT molecular complexity index is 929. The molecule has 1 aliphatic rings. The average Bonchev–Trinajstić information content (AvgIpc) is 2.91. The molecule has 0 bridgehead atoms. The Balaban J connectivity index is 1.67. The lowest BCUT2D eigenvalue weighted by Crippen LogP contribution is -2.42. The first kappa shape index (κ1) is 20.7. The van der Waals surface area contributed by atoms with Gasteiger partial charge in [0, 0.05) is 0 Å². The molecule has 1 fully saturated rings. The van der Waals surface area contributed by atoms with E-state index in [1.54, 1.807) is 31.2 Å². The number of imide groups is 1. The second kappa shape index (κ2) is 8.13. The summed E-state index contributed by atoms with van der Waals surface area (Å²) in [7, 11) is 1.54. The van der Waals surface area contributed by atoms with Crippen LogP contribution in [0.1, 0.15) is 23.6 Å². The molecule has 29 heavy (non-hydrogen) atoms. The zero-order chi connectivity index (χ0) is 21.2. The third kappa shape index (κ3) is 4.19. The van der Waals surface area contributed by atoms with E-state index in [-0.39, 0.29) is 13.2 Å². The van der Waals surface area contributed by atoms with Crippen LogP contribution in [0.2, 0.25) is 0 Å². The summed E-state index contributed by atoms with van der Waals surface area (Å²) in [5, 5.41) is 13.1. The molecule has 0 spiro atoms. The SMILES string of the molecule is COc1cccc([C@]2(C)NC(=O)N(C[C@H](O)COc3ccc(C)cc3C)C2=O)c1.